The first-order chi connectivity index (χ1) is 12.0. The molecule has 0 unspecified atom stereocenters. The second kappa shape index (κ2) is 7.10. The lowest BCUT2D eigenvalue weighted by atomic mass is 10.1. The molecule has 0 fully saturated rings. The summed E-state index contributed by atoms with van der Waals surface area (Å²) in [5.41, 5.74) is 4.89. The molecule has 0 saturated heterocycles. The first kappa shape index (κ1) is 16.6. The average Bonchev–Trinajstić information content (AvgIpc) is 2.97. The van der Waals surface area contributed by atoms with Crippen molar-refractivity contribution in [2.45, 2.75) is 6.92 Å². The smallest absolute Gasteiger partial charge is 0.311 e. The van der Waals surface area contributed by atoms with Crippen LogP contribution in [0.5, 0.6) is 5.75 Å². The molecule has 0 aliphatic rings. The molecule has 1 heterocycles. The topological polar surface area (TPSA) is 101 Å². The number of nitrogens with zero attached hydrogens (tertiary/aromatic N) is 3. The Kier molecular flexibility index (Phi) is 4.71. The largest absolute Gasteiger partial charge is 0.502 e. The Morgan fingerprint density at radius 3 is 2.76 bits per heavy atom. The minimum absolute atomic E-state index is 0.361. The Labute approximate surface area is 147 Å². The molecule has 0 atom stereocenters. The zero-order valence-corrected chi connectivity index (χ0v) is 14.0. The van der Waals surface area contributed by atoms with Gasteiger partial charge in [0.25, 0.3) is 0 Å². The van der Waals surface area contributed by atoms with Gasteiger partial charge in [-0.1, -0.05) is 30.3 Å². The first-order valence-corrected chi connectivity index (χ1v) is 8.15. The van der Waals surface area contributed by atoms with Crippen LogP contribution in [0.4, 0.5) is 10.8 Å². The van der Waals surface area contributed by atoms with Gasteiger partial charge in [0.1, 0.15) is 0 Å². The number of anilines is 1. The van der Waals surface area contributed by atoms with Crippen LogP contribution >= 0.6 is 11.3 Å². The van der Waals surface area contributed by atoms with Gasteiger partial charge in [0, 0.05) is 22.1 Å². The normalized spacial score (nSPS) is 10.9. The number of hydrazone groups is 1. The van der Waals surface area contributed by atoms with Crippen molar-refractivity contribution < 1.29 is 10.0 Å². The summed E-state index contributed by atoms with van der Waals surface area (Å²) < 4.78 is 0. The lowest BCUT2D eigenvalue weighted by Crippen LogP contribution is -1.93. The van der Waals surface area contributed by atoms with E-state index in [9.17, 15) is 15.2 Å². The summed E-state index contributed by atoms with van der Waals surface area (Å²) in [6.07, 6.45) is 1.44. The van der Waals surface area contributed by atoms with Crippen LogP contribution in [-0.4, -0.2) is 21.2 Å². The maximum atomic E-state index is 10.8. The fourth-order valence-corrected chi connectivity index (χ4v) is 3.02. The molecule has 8 heteroatoms. The van der Waals surface area contributed by atoms with E-state index in [2.05, 4.69) is 15.5 Å². The van der Waals surface area contributed by atoms with Gasteiger partial charge in [0.2, 0.25) is 5.13 Å². The fourth-order valence-electron chi connectivity index (χ4n) is 2.24. The van der Waals surface area contributed by atoms with E-state index >= 15 is 0 Å². The average molecular weight is 354 g/mol. The third-order valence-electron chi connectivity index (χ3n) is 3.41. The van der Waals surface area contributed by atoms with Crippen molar-refractivity contribution in [2.24, 2.45) is 5.10 Å². The minimum atomic E-state index is -0.642. The number of nitro benzene ring substituents is 1. The number of nitrogens with one attached hydrogen (secondary N) is 1. The van der Waals surface area contributed by atoms with Crippen molar-refractivity contribution in [2.75, 3.05) is 5.43 Å². The van der Waals surface area contributed by atoms with Crippen LogP contribution in [0.25, 0.3) is 11.3 Å². The Balaban J connectivity index is 1.75. The zero-order chi connectivity index (χ0) is 17.8. The summed E-state index contributed by atoms with van der Waals surface area (Å²) in [5.74, 6) is -0.377. The van der Waals surface area contributed by atoms with E-state index in [1.165, 1.54) is 35.8 Å². The van der Waals surface area contributed by atoms with Gasteiger partial charge in [-0.05, 0) is 19.1 Å². The van der Waals surface area contributed by atoms with Gasteiger partial charge in [-0.25, -0.2) is 4.98 Å². The van der Waals surface area contributed by atoms with Gasteiger partial charge < -0.3 is 5.11 Å². The number of aromatic hydroxyl groups is 1. The first-order valence-electron chi connectivity index (χ1n) is 7.34. The van der Waals surface area contributed by atoms with Gasteiger partial charge in [-0.15, -0.1) is 11.3 Å². The van der Waals surface area contributed by atoms with Gasteiger partial charge in [-0.2, -0.15) is 5.10 Å². The molecule has 2 N–H and O–H groups in total. The number of benzene rings is 2. The van der Waals surface area contributed by atoms with Gasteiger partial charge >= 0.3 is 5.69 Å². The highest BCUT2D eigenvalue weighted by Crippen LogP contribution is 2.30. The number of thiazole rings is 1. The second-order valence-corrected chi connectivity index (χ2v) is 6.37. The quantitative estimate of drug-likeness (QED) is 0.407. The Hall–Kier alpha value is -3.26. The third kappa shape index (κ3) is 3.81. The number of hydrogen-bond donors (Lipinski definition) is 2. The molecule has 0 radical (unpaired) electrons. The molecule has 0 bridgehead atoms. The Bertz CT molecular complexity index is 938. The molecular weight excluding hydrogens is 340 g/mol. The lowest BCUT2D eigenvalue weighted by Gasteiger charge is -1.98. The van der Waals surface area contributed by atoms with E-state index in [4.69, 9.17) is 0 Å². The summed E-state index contributed by atoms with van der Waals surface area (Å²) >= 11 is 1.47. The fraction of sp³-hybridized carbons (Fsp3) is 0.0588. The molecule has 25 heavy (non-hydrogen) atoms. The number of aryl methyl sites for hydroxylation is 1. The summed E-state index contributed by atoms with van der Waals surface area (Å²) in [5, 5.41) is 24.9. The maximum Gasteiger partial charge on any atom is 0.311 e. The van der Waals surface area contributed by atoms with Crippen LogP contribution < -0.4 is 5.43 Å². The molecule has 126 valence electrons. The SMILES string of the molecule is Cc1sc(N/N=C\c2ccc(O)c([N+](=O)[O-])c2)nc1-c1ccccc1. The van der Waals surface area contributed by atoms with Gasteiger partial charge in [0.15, 0.2) is 5.75 Å². The molecule has 2 aromatic carbocycles. The number of hydrogen-bond acceptors (Lipinski definition) is 7. The summed E-state index contributed by atoms with van der Waals surface area (Å²) in [7, 11) is 0. The van der Waals surface area contributed by atoms with Crippen molar-refractivity contribution >= 4 is 28.4 Å². The van der Waals surface area contributed by atoms with Crippen molar-refractivity contribution in [1.82, 2.24) is 4.98 Å². The second-order valence-electron chi connectivity index (χ2n) is 5.17. The molecular formula is C17H14N4O3S. The number of rotatable bonds is 5. The van der Waals surface area contributed by atoms with Crippen LogP contribution in [0, 0.1) is 17.0 Å². The molecule has 0 aliphatic carbocycles. The van der Waals surface area contributed by atoms with E-state index in [1.54, 1.807) is 0 Å². The molecule has 7 nitrogen and oxygen atoms in total. The van der Waals surface area contributed by atoms with E-state index in [0.29, 0.717) is 10.7 Å². The van der Waals surface area contributed by atoms with Gasteiger partial charge in [-0.3, -0.25) is 15.5 Å². The Morgan fingerprint density at radius 2 is 2.04 bits per heavy atom. The van der Waals surface area contributed by atoms with Gasteiger partial charge in [0.05, 0.1) is 16.8 Å². The molecule has 3 aromatic rings. The predicted molar refractivity (Wildman–Crippen MR) is 98.3 cm³/mol. The standard InChI is InChI=1S/C17H14N4O3S/c1-11-16(13-5-3-2-4-6-13)19-17(25-11)20-18-10-12-7-8-15(22)14(9-12)21(23)24/h2-10,22H,1H3,(H,19,20)/b18-10-. The third-order valence-corrected chi connectivity index (χ3v) is 4.29. The zero-order valence-electron chi connectivity index (χ0n) is 13.2. The molecule has 0 amide bonds. The van der Waals surface area contributed by atoms with Crippen LogP contribution in [0.3, 0.4) is 0 Å². The highest BCUT2D eigenvalue weighted by atomic mass is 32.1. The van der Waals surface area contributed by atoms with Crippen molar-refractivity contribution in [3.63, 3.8) is 0 Å². The molecule has 1 aromatic heterocycles. The highest BCUT2D eigenvalue weighted by Gasteiger charge is 2.13. The number of phenols is 1. The molecule has 0 spiro atoms. The van der Waals surface area contributed by atoms with E-state index in [-0.39, 0.29) is 11.4 Å². The van der Waals surface area contributed by atoms with Crippen LogP contribution in [0.1, 0.15) is 10.4 Å². The minimum Gasteiger partial charge on any atom is -0.502 e. The van der Waals surface area contributed by atoms with E-state index in [1.807, 2.05) is 37.3 Å². The molecule has 0 aliphatic heterocycles. The van der Waals surface area contributed by atoms with E-state index < -0.39 is 4.92 Å². The number of phenolic OH excluding ortho intramolecular Hbond substituents is 1. The summed E-state index contributed by atoms with van der Waals surface area (Å²) in [4.78, 5) is 15.8. The van der Waals surface area contributed by atoms with Crippen LogP contribution in [-0.2, 0) is 0 Å². The Morgan fingerprint density at radius 1 is 1.28 bits per heavy atom. The van der Waals surface area contributed by atoms with E-state index in [0.717, 1.165) is 16.1 Å². The highest BCUT2D eigenvalue weighted by molar-refractivity contribution is 7.15. The van der Waals surface area contributed by atoms with Crippen LogP contribution in [0.2, 0.25) is 0 Å². The van der Waals surface area contributed by atoms with Crippen molar-refractivity contribution in [3.8, 4) is 17.0 Å². The molecule has 0 saturated carbocycles. The summed E-state index contributed by atoms with van der Waals surface area (Å²) in [6, 6.07) is 13.9. The lowest BCUT2D eigenvalue weighted by molar-refractivity contribution is -0.385. The van der Waals surface area contributed by atoms with Crippen molar-refractivity contribution in [3.05, 3.63) is 69.1 Å². The number of nitro groups is 1. The number of aromatic nitrogens is 1. The van der Waals surface area contributed by atoms with Crippen molar-refractivity contribution in [1.29, 1.82) is 0 Å². The van der Waals surface area contributed by atoms with Crippen LogP contribution in [0.15, 0.2) is 53.6 Å². The maximum absolute atomic E-state index is 10.8. The molecule has 3 rings (SSSR count). The predicted octanol–water partition coefficient (Wildman–Crippen LogP) is 4.18. The monoisotopic (exact) mass is 354 g/mol. The summed E-state index contributed by atoms with van der Waals surface area (Å²) in [6.45, 7) is 1.98.